The number of piperidine rings is 1. The Morgan fingerprint density at radius 2 is 2.06 bits per heavy atom. The third-order valence-corrected chi connectivity index (χ3v) is 4.41. The maximum absolute atomic E-state index is 12.5. The number of carbonyl (C=O) groups excluding carboxylic acids is 1. The van der Waals surface area contributed by atoms with Crippen molar-refractivity contribution in [3.05, 3.63) is 0 Å². The van der Waals surface area contributed by atoms with Crippen LogP contribution >= 0.6 is 0 Å². The number of nitrogens with one attached hydrogen (secondary N) is 1. The summed E-state index contributed by atoms with van der Waals surface area (Å²) >= 11 is 0. The van der Waals surface area contributed by atoms with Crippen LogP contribution in [0.5, 0.6) is 0 Å². The molecule has 0 unspecified atom stereocenters. The fraction of sp³-hybridized carbons (Fsp3) is 0.917. The van der Waals surface area contributed by atoms with Crippen LogP contribution in [-0.2, 0) is 14.3 Å². The number of rotatable bonds is 2. The first-order chi connectivity index (χ1) is 8.10. The molecule has 5 nitrogen and oxygen atoms in total. The minimum Gasteiger partial charge on any atom is -0.333 e. The van der Waals surface area contributed by atoms with Gasteiger partial charge in [-0.2, -0.15) is 0 Å². The molecule has 1 N–H and O–H groups in total. The lowest BCUT2D eigenvalue weighted by Gasteiger charge is -2.45. The Bertz CT molecular complexity index is 332. The largest absolute Gasteiger partial charge is 0.333 e. The van der Waals surface area contributed by atoms with Crippen LogP contribution in [-0.4, -0.2) is 41.6 Å². The molecule has 0 bridgehead atoms. The minimum atomic E-state index is -0.383. The van der Waals surface area contributed by atoms with Crippen molar-refractivity contribution in [2.75, 3.05) is 6.79 Å². The molecule has 0 aromatic heterocycles. The smallest absolute Gasteiger partial charge is 0.240 e. The molecule has 0 aliphatic carbocycles. The highest BCUT2D eigenvalue weighted by Gasteiger charge is 2.49. The summed E-state index contributed by atoms with van der Waals surface area (Å²) in [6.45, 7) is 4.68. The zero-order valence-corrected chi connectivity index (χ0v) is 10.4. The maximum atomic E-state index is 12.5. The lowest BCUT2D eigenvalue weighted by Crippen LogP contribution is -2.62. The highest BCUT2D eigenvalue weighted by atomic mass is 16.9. The second-order valence-corrected chi connectivity index (χ2v) is 5.63. The summed E-state index contributed by atoms with van der Waals surface area (Å²) in [5.41, 5.74) is 0.0794. The van der Waals surface area contributed by atoms with Gasteiger partial charge in [-0.25, -0.2) is 0 Å². The van der Waals surface area contributed by atoms with Crippen molar-refractivity contribution in [1.82, 2.24) is 10.2 Å². The van der Waals surface area contributed by atoms with Crippen molar-refractivity contribution in [1.29, 1.82) is 0 Å². The second-order valence-electron chi connectivity index (χ2n) is 5.63. The first kappa shape index (κ1) is 11.4. The van der Waals surface area contributed by atoms with E-state index in [9.17, 15) is 4.79 Å². The van der Waals surface area contributed by atoms with Crippen molar-refractivity contribution < 1.29 is 14.3 Å². The van der Waals surface area contributed by atoms with E-state index in [0.717, 1.165) is 25.7 Å². The molecule has 3 aliphatic rings. The summed E-state index contributed by atoms with van der Waals surface area (Å²) in [6.07, 6.45) is 3.80. The van der Waals surface area contributed by atoms with Crippen LogP contribution in [0.25, 0.3) is 0 Å². The highest BCUT2D eigenvalue weighted by Crippen LogP contribution is 2.41. The Morgan fingerprint density at radius 1 is 1.35 bits per heavy atom. The monoisotopic (exact) mass is 240 g/mol. The van der Waals surface area contributed by atoms with Gasteiger partial charge in [0.25, 0.3) is 0 Å². The SMILES string of the molecule is C[C@@H]1CC[C@@]2(C)CC[C@H](NC3OCO3)C(=O)N12. The summed E-state index contributed by atoms with van der Waals surface area (Å²) in [5, 5.41) is 3.12. The lowest BCUT2D eigenvalue weighted by molar-refractivity contribution is -0.335. The Hall–Kier alpha value is -0.650. The van der Waals surface area contributed by atoms with Gasteiger partial charge < -0.3 is 14.4 Å². The molecule has 3 heterocycles. The van der Waals surface area contributed by atoms with E-state index in [0.29, 0.717) is 12.8 Å². The van der Waals surface area contributed by atoms with Gasteiger partial charge in [-0.1, -0.05) is 0 Å². The normalized spacial score (nSPS) is 42.5. The fourth-order valence-electron chi connectivity index (χ4n) is 3.33. The number of nitrogens with zero attached hydrogens (tertiary/aromatic N) is 1. The van der Waals surface area contributed by atoms with Gasteiger partial charge in [-0.3, -0.25) is 10.1 Å². The fourth-order valence-corrected chi connectivity index (χ4v) is 3.33. The Balaban J connectivity index is 1.71. The van der Waals surface area contributed by atoms with Gasteiger partial charge in [-0.15, -0.1) is 0 Å². The molecule has 3 saturated heterocycles. The summed E-state index contributed by atoms with van der Waals surface area (Å²) in [4.78, 5) is 14.5. The summed E-state index contributed by atoms with van der Waals surface area (Å²) in [7, 11) is 0. The van der Waals surface area contributed by atoms with Crippen molar-refractivity contribution in [3.8, 4) is 0 Å². The van der Waals surface area contributed by atoms with E-state index in [1.165, 1.54) is 0 Å². The van der Waals surface area contributed by atoms with Gasteiger partial charge in [0.2, 0.25) is 12.3 Å². The van der Waals surface area contributed by atoms with Crippen molar-refractivity contribution in [3.63, 3.8) is 0 Å². The van der Waals surface area contributed by atoms with Crippen LogP contribution < -0.4 is 5.32 Å². The molecule has 0 spiro atoms. The van der Waals surface area contributed by atoms with Crippen LogP contribution in [0.15, 0.2) is 0 Å². The van der Waals surface area contributed by atoms with E-state index in [1.54, 1.807) is 0 Å². The summed E-state index contributed by atoms with van der Waals surface area (Å²) in [5.74, 6) is 0.211. The summed E-state index contributed by atoms with van der Waals surface area (Å²) < 4.78 is 10.3. The molecule has 0 radical (unpaired) electrons. The standard InChI is InChI=1S/C12H20N2O3/c1-8-3-5-12(2)6-4-9(10(15)14(8)12)13-11-16-7-17-11/h8-9,11,13H,3-7H2,1-2H3/t8-,9+,12+/m1/s1. The molecule has 0 aromatic carbocycles. The van der Waals surface area contributed by atoms with E-state index in [1.807, 2.05) is 0 Å². The van der Waals surface area contributed by atoms with E-state index >= 15 is 0 Å². The molecular formula is C12H20N2O3. The highest BCUT2D eigenvalue weighted by molar-refractivity contribution is 5.84. The molecular weight excluding hydrogens is 220 g/mol. The van der Waals surface area contributed by atoms with Crippen LogP contribution in [0.3, 0.4) is 0 Å². The first-order valence-electron chi connectivity index (χ1n) is 6.43. The predicted molar refractivity (Wildman–Crippen MR) is 60.9 cm³/mol. The Morgan fingerprint density at radius 3 is 2.71 bits per heavy atom. The van der Waals surface area contributed by atoms with Crippen LogP contribution in [0.4, 0.5) is 0 Å². The second kappa shape index (κ2) is 3.93. The molecule has 3 atom stereocenters. The maximum Gasteiger partial charge on any atom is 0.240 e. The third-order valence-electron chi connectivity index (χ3n) is 4.41. The van der Waals surface area contributed by atoms with Gasteiger partial charge in [0.15, 0.2) is 6.79 Å². The number of amides is 1. The zero-order chi connectivity index (χ0) is 12.0. The minimum absolute atomic E-state index is 0.0794. The van der Waals surface area contributed by atoms with Gasteiger partial charge in [0.1, 0.15) is 0 Å². The van der Waals surface area contributed by atoms with Crippen molar-refractivity contribution >= 4 is 5.91 Å². The lowest BCUT2D eigenvalue weighted by atomic mass is 9.86. The van der Waals surface area contributed by atoms with E-state index in [4.69, 9.17) is 9.47 Å². The number of fused-ring (bicyclic) bond motifs is 1. The van der Waals surface area contributed by atoms with E-state index in [2.05, 4.69) is 24.1 Å². The molecule has 96 valence electrons. The van der Waals surface area contributed by atoms with Crippen LogP contribution in [0.1, 0.15) is 39.5 Å². The Kier molecular flexibility index (Phi) is 2.65. The van der Waals surface area contributed by atoms with Gasteiger partial charge >= 0.3 is 0 Å². The van der Waals surface area contributed by atoms with Gasteiger partial charge in [0.05, 0.1) is 6.04 Å². The first-order valence-corrected chi connectivity index (χ1v) is 6.43. The van der Waals surface area contributed by atoms with Crippen LogP contribution in [0.2, 0.25) is 0 Å². The predicted octanol–water partition coefficient (Wildman–Crippen LogP) is 0.796. The van der Waals surface area contributed by atoms with Gasteiger partial charge in [-0.05, 0) is 39.5 Å². The summed E-state index contributed by atoms with van der Waals surface area (Å²) in [6, 6.07) is 0.217. The molecule has 5 heteroatoms. The quantitative estimate of drug-likeness (QED) is 0.775. The molecule has 0 saturated carbocycles. The number of hydrogen-bond acceptors (Lipinski definition) is 4. The van der Waals surface area contributed by atoms with Crippen LogP contribution in [0, 0.1) is 0 Å². The third kappa shape index (κ3) is 1.77. The van der Waals surface area contributed by atoms with Crippen molar-refractivity contribution in [2.24, 2.45) is 0 Å². The number of ether oxygens (including phenoxy) is 2. The number of carbonyl (C=O) groups is 1. The zero-order valence-electron chi connectivity index (χ0n) is 10.4. The average Bonchev–Trinajstić information content (AvgIpc) is 2.52. The molecule has 1 amide bonds. The molecule has 3 rings (SSSR count). The van der Waals surface area contributed by atoms with Gasteiger partial charge in [0, 0.05) is 11.6 Å². The molecule has 3 aliphatic heterocycles. The molecule has 3 fully saturated rings. The topological polar surface area (TPSA) is 50.8 Å². The van der Waals surface area contributed by atoms with E-state index in [-0.39, 0.29) is 23.9 Å². The van der Waals surface area contributed by atoms with E-state index < -0.39 is 0 Å². The average molecular weight is 240 g/mol. The molecule has 17 heavy (non-hydrogen) atoms. The van der Waals surface area contributed by atoms with Crippen molar-refractivity contribution in [2.45, 2.75) is 63.6 Å². The Labute approximate surface area is 101 Å². The number of hydrogen-bond donors (Lipinski definition) is 1. The molecule has 0 aromatic rings.